The lowest BCUT2D eigenvalue weighted by molar-refractivity contribution is -0.139. The molecule has 0 saturated heterocycles. The topological polar surface area (TPSA) is 38.3 Å². The van der Waals surface area contributed by atoms with Crippen molar-refractivity contribution in [1.29, 1.82) is 0 Å². The molecule has 0 bridgehead atoms. The molecule has 1 atom stereocenters. The van der Waals surface area contributed by atoms with Crippen LogP contribution < -0.4 is 5.32 Å². The van der Waals surface area contributed by atoms with E-state index in [1.54, 1.807) is 24.3 Å². The molecule has 0 amide bonds. The van der Waals surface area contributed by atoms with E-state index >= 15 is 0 Å². The summed E-state index contributed by atoms with van der Waals surface area (Å²) in [7, 11) is 0. The van der Waals surface area contributed by atoms with Crippen molar-refractivity contribution in [3.8, 4) is 0 Å². The lowest BCUT2D eigenvalue weighted by atomic mass is 10.1. The van der Waals surface area contributed by atoms with E-state index < -0.39 is 17.9 Å². The van der Waals surface area contributed by atoms with Crippen LogP contribution in [0.4, 0.5) is 14.5 Å². The number of anilines is 1. The molecule has 2 aromatic carbocycles. The third kappa shape index (κ3) is 2.91. The van der Waals surface area contributed by atoms with Crippen molar-refractivity contribution in [2.24, 2.45) is 0 Å². The number of ether oxygens (including phenoxy) is 1. The van der Waals surface area contributed by atoms with Crippen molar-refractivity contribution in [3.05, 3.63) is 77.5 Å². The zero-order chi connectivity index (χ0) is 14.8. The molecule has 3 rings (SSSR count). The number of nitrogens with one attached hydrogen (secondary N) is 1. The molecule has 5 heteroatoms. The van der Waals surface area contributed by atoms with E-state index in [9.17, 15) is 13.6 Å². The Morgan fingerprint density at radius 2 is 1.76 bits per heavy atom. The van der Waals surface area contributed by atoms with Crippen molar-refractivity contribution in [2.75, 3.05) is 5.32 Å². The maximum atomic E-state index is 13.1. The van der Waals surface area contributed by atoms with Gasteiger partial charge in [-0.05, 0) is 42.0 Å². The fraction of sp³-hybridized carbons (Fsp3) is 0.0625. The number of benzene rings is 2. The van der Waals surface area contributed by atoms with Gasteiger partial charge in [-0.25, -0.2) is 13.6 Å². The minimum absolute atomic E-state index is 0.231. The Bertz CT molecular complexity index is 710. The molecule has 1 heterocycles. The molecule has 0 radical (unpaired) electrons. The fourth-order valence-electron chi connectivity index (χ4n) is 2.06. The van der Waals surface area contributed by atoms with Crippen LogP contribution >= 0.6 is 0 Å². The van der Waals surface area contributed by atoms with E-state index in [1.165, 1.54) is 30.3 Å². The molecule has 21 heavy (non-hydrogen) atoms. The number of esters is 1. The van der Waals surface area contributed by atoms with Crippen LogP contribution in [0.5, 0.6) is 0 Å². The van der Waals surface area contributed by atoms with Crippen LogP contribution in [0.1, 0.15) is 11.7 Å². The average Bonchev–Trinajstić information content (AvgIpc) is 2.81. The molecule has 0 aliphatic carbocycles. The van der Waals surface area contributed by atoms with Gasteiger partial charge in [-0.15, -0.1) is 0 Å². The minimum Gasteiger partial charge on any atom is -0.448 e. The molecular weight excluding hydrogens is 276 g/mol. The lowest BCUT2D eigenvalue weighted by Gasteiger charge is -2.07. The van der Waals surface area contributed by atoms with E-state index in [1.807, 2.05) is 0 Å². The van der Waals surface area contributed by atoms with Gasteiger partial charge in [0.05, 0.1) is 0 Å². The average molecular weight is 287 g/mol. The first kappa shape index (κ1) is 13.3. The third-order valence-corrected chi connectivity index (χ3v) is 3.07. The Labute approximate surface area is 119 Å². The molecule has 2 aromatic rings. The zero-order valence-electron chi connectivity index (χ0n) is 10.8. The highest BCUT2D eigenvalue weighted by molar-refractivity contribution is 5.94. The minimum atomic E-state index is -0.575. The van der Waals surface area contributed by atoms with Gasteiger partial charge in [-0.2, -0.15) is 0 Å². The molecule has 1 N–H and O–H groups in total. The Hall–Kier alpha value is -2.69. The van der Waals surface area contributed by atoms with E-state index in [2.05, 4.69) is 5.32 Å². The smallest absolute Gasteiger partial charge is 0.355 e. The summed E-state index contributed by atoms with van der Waals surface area (Å²) in [5, 5.41) is 2.82. The largest absolute Gasteiger partial charge is 0.448 e. The molecule has 106 valence electrons. The monoisotopic (exact) mass is 287 g/mol. The summed E-state index contributed by atoms with van der Waals surface area (Å²) in [6, 6.07) is 11.5. The molecule has 1 aliphatic rings. The molecule has 1 aliphatic heterocycles. The molecular formula is C16H11F2NO2. The van der Waals surface area contributed by atoms with Crippen LogP contribution in [0.15, 0.2) is 60.3 Å². The van der Waals surface area contributed by atoms with Gasteiger partial charge in [0.2, 0.25) is 0 Å². The summed E-state index contributed by atoms with van der Waals surface area (Å²) in [6.07, 6.45) is 1.01. The van der Waals surface area contributed by atoms with E-state index in [-0.39, 0.29) is 11.5 Å². The van der Waals surface area contributed by atoms with Crippen LogP contribution in [0.2, 0.25) is 0 Å². The first-order valence-corrected chi connectivity index (χ1v) is 6.33. The van der Waals surface area contributed by atoms with Crippen molar-refractivity contribution < 1.29 is 18.3 Å². The lowest BCUT2D eigenvalue weighted by Crippen LogP contribution is -2.08. The Balaban J connectivity index is 1.81. The van der Waals surface area contributed by atoms with Gasteiger partial charge in [0.15, 0.2) is 0 Å². The number of hydrogen-bond donors (Lipinski definition) is 1. The zero-order valence-corrected chi connectivity index (χ0v) is 10.8. The van der Waals surface area contributed by atoms with Crippen molar-refractivity contribution >= 4 is 11.7 Å². The molecule has 0 fully saturated rings. The predicted molar refractivity (Wildman–Crippen MR) is 73.3 cm³/mol. The number of cyclic esters (lactones) is 1. The predicted octanol–water partition coefficient (Wildman–Crippen LogP) is 3.56. The van der Waals surface area contributed by atoms with Gasteiger partial charge in [0, 0.05) is 5.69 Å². The van der Waals surface area contributed by atoms with Crippen LogP contribution in [0.25, 0.3) is 0 Å². The van der Waals surface area contributed by atoms with Crippen LogP contribution in [-0.2, 0) is 9.53 Å². The van der Waals surface area contributed by atoms with Gasteiger partial charge in [0.1, 0.15) is 23.4 Å². The van der Waals surface area contributed by atoms with Crippen molar-refractivity contribution in [2.45, 2.75) is 6.10 Å². The SMILES string of the molecule is O=C1O[C@H](c2ccc(F)cc2)C=C1Nc1cccc(F)c1. The molecule has 0 aromatic heterocycles. The number of carbonyl (C=O) groups is 1. The van der Waals surface area contributed by atoms with Gasteiger partial charge in [-0.3, -0.25) is 0 Å². The van der Waals surface area contributed by atoms with Crippen LogP contribution in [0, 0.1) is 11.6 Å². The van der Waals surface area contributed by atoms with Crippen molar-refractivity contribution in [1.82, 2.24) is 0 Å². The number of carbonyl (C=O) groups excluding carboxylic acids is 1. The summed E-state index contributed by atoms with van der Waals surface area (Å²) in [5.74, 6) is -1.29. The standard InChI is InChI=1S/C16H11F2NO2/c17-11-6-4-10(5-7-11)15-9-14(16(20)21-15)19-13-3-1-2-12(18)8-13/h1-9,15,19H/t15-/m0/s1. The highest BCUT2D eigenvalue weighted by atomic mass is 19.1. The summed E-state index contributed by atoms with van der Waals surface area (Å²) in [5.41, 5.74) is 1.36. The summed E-state index contributed by atoms with van der Waals surface area (Å²) >= 11 is 0. The summed E-state index contributed by atoms with van der Waals surface area (Å²) in [4.78, 5) is 11.8. The maximum absolute atomic E-state index is 13.1. The second kappa shape index (κ2) is 5.36. The second-order valence-electron chi connectivity index (χ2n) is 4.59. The highest BCUT2D eigenvalue weighted by Crippen LogP contribution is 2.28. The third-order valence-electron chi connectivity index (χ3n) is 3.07. The molecule has 0 spiro atoms. The highest BCUT2D eigenvalue weighted by Gasteiger charge is 2.26. The Morgan fingerprint density at radius 1 is 1.00 bits per heavy atom. The first-order chi connectivity index (χ1) is 10.1. The molecule has 0 saturated carbocycles. The summed E-state index contributed by atoms with van der Waals surface area (Å²) < 4.78 is 31.2. The number of rotatable bonds is 3. The quantitative estimate of drug-likeness (QED) is 0.877. The second-order valence-corrected chi connectivity index (χ2v) is 4.59. The van der Waals surface area contributed by atoms with Gasteiger partial charge in [0.25, 0.3) is 0 Å². The van der Waals surface area contributed by atoms with Crippen LogP contribution in [-0.4, -0.2) is 5.97 Å². The normalized spacial score (nSPS) is 17.3. The Morgan fingerprint density at radius 3 is 2.48 bits per heavy atom. The first-order valence-electron chi connectivity index (χ1n) is 6.33. The van der Waals surface area contributed by atoms with Gasteiger partial charge in [-0.1, -0.05) is 18.2 Å². The van der Waals surface area contributed by atoms with Crippen LogP contribution in [0.3, 0.4) is 0 Å². The van der Waals surface area contributed by atoms with Gasteiger partial charge < -0.3 is 10.1 Å². The van der Waals surface area contributed by atoms with Gasteiger partial charge >= 0.3 is 5.97 Å². The maximum Gasteiger partial charge on any atom is 0.355 e. The molecule has 0 unspecified atom stereocenters. The number of hydrogen-bond acceptors (Lipinski definition) is 3. The fourth-order valence-corrected chi connectivity index (χ4v) is 2.06. The summed E-state index contributed by atoms with van der Waals surface area (Å²) in [6.45, 7) is 0. The van der Waals surface area contributed by atoms with E-state index in [0.29, 0.717) is 11.3 Å². The van der Waals surface area contributed by atoms with E-state index in [4.69, 9.17) is 4.74 Å². The number of halogens is 2. The van der Waals surface area contributed by atoms with Crippen molar-refractivity contribution in [3.63, 3.8) is 0 Å². The van der Waals surface area contributed by atoms with E-state index in [0.717, 1.165) is 0 Å². The molecule has 3 nitrogen and oxygen atoms in total. The Kier molecular flexibility index (Phi) is 3.39.